The minimum Gasteiger partial charge on any atom is -0.486 e. The molecule has 132 valence electrons. The largest absolute Gasteiger partial charge is 0.486 e. The summed E-state index contributed by atoms with van der Waals surface area (Å²) in [7, 11) is 0. The highest BCUT2D eigenvalue weighted by Crippen LogP contribution is 2.33. The van der Waals surface area contributed by atoms with E-state index in [-0.39, 0.29) is 11.8 Å². The first-order chi connectivity index (χ1) is 11.4. The lowest BCUT2D eigenvalue weighted by Crippen LogP contribution is -2.45. The summed E-state index contributed by atoms with van der Waals surface area (Å²) >= 11 is 0. The number of carbonyl (C=O) groups excluding carboxylic acids is 2. The Balaban J connectivity index is 1.95. The second-order valence-electron chi connectivity index (χ2n) is 6.40. The average molecular weight is 334 g/mol. The first-order valence-corrected chi connectivity index (χ1v) is 8.44. The molecule has 0 radical (unpaired) electrons. The van der Waals surface area contributed by atoms with Crippen molar-refractivity contribution in [1.82, 2.24) is 5.32 Å². The highest BCUT2D eigenvalue weighted by molar-refractivity contribution is 6.09. The fourth-order valence-corrected chi connectivity index (χ4v) is 2.31. The topological polar surface area (TPSA) is 76.7 Å². The van der Waals surface area contributed by atoms with Gasteiger partial charge in [-0.15, -0.1) is 0 Å². The molecule has 0 aliphatic carbocycles. The Bertz CT molecular complexity index is 599. The van der Waals surface area contributed by atoms with Gasteiger partial charge in [0, 0.05) is 18.3 Å². The van der Waals surface area contributed by atoms with Crippen LogP contribution in [0.25, 0.3) is 0 Å². The molecule has 1 aliphatic rings. The number of rotatable bonds is 7. The Kier molecular flexibility index (Phi) is 6.06. The van der Waals surface area contributed by atoms with Gasteiger partial charge in [-0.05, 0) is 32.4 Å². The maximum absolute atomic E-state index is 12.5. The van der Waals surface area contributed by atoms with Crippen molar-refractivity contribution in [2.45, 2.75) is 40.0 Å². The van der Waals surface area contributed by atoms with Crippen LogP contribution in [0.2, 0.25) is 0 Å². The average Bonchev–Trinajstić information content (AvgIpc) is 2.58. The summed E-state index contributed by atoms with van der Waals surface area (Å²) in [5.74, 6) is 0.633. The van der Waals surface area contributed by atoms with Crippen LogP contribution in [-0.4, -0.2) is 31.6 Å². The molecule has 0 aromatic heterocycles. The summed E-state index contributed by atoms with van der Waals surface area (Å²) in [5.41, 5.74) is -0.574. The minimum atomic E-state index is -1.15. The number of fused-ring (bicyclic) bond motifs is 1. The molecule has 0 unspecified atom stereocenters. The van der Waals surface area contributed by atoms with Gasteiger partial charge in [0.15, 0.2) is 11.5 Å². The number of amides is 2. The van der Waals surface area contributed by atoms with E-state index in [2.05, 4.69) is 17.6 Å². The van der Waals surface area contributed by atoms with Crippen LogP contribution in [0.5, 0.6) is 11.5 Å². The first kappa shape index (κ1) is 18.1. The molecule has 24 heavy (non-hydrogen) atoms. The lowest BCUT2D eigenvalue weighted by atomic mass is 9.91. The quantitative estimate of drug-likeness (QED) is 0.594. The fraction of sp³-hybridized carbons (Fsp3) is 0.556. The molecule has 6 nitrogen and oxygen atoms in total. The van der Waals surface area contributed by atoms with Crippen molar-refractivity contribution in [2.75, 3.05) is 25.1 Å². The molecule has 2 N–H and O–H groups in total. The van der Waals surface area contributed by atoms with Gasteiger partial charge in [0.05, 0.1) is 0 Å². The third kappa shape index (κ3) is 4.40. The third-order valence-corrected chi connectivity index (χ3v) is 4.00. The second-order valence-corrected chi connectivity index (χ2v) is 6.40. The second kappa shape index (κ2) is 8.04. The van der Waals surface area contributed by atoms with E-state index in [0.717, 1.165) is 19.3 Å². The zero-order valence-corrected chi connectivity index (χ0v) is 14.6. The molecule has 0 bridgehead atoms. The predicted octanol–water partition coefficient (Wildman–Crippen LogP) is 2.73. The van der Waals surface area contributed by atoms with E-state index >= 15 is 0 Å². The lowest BCUT2D eigenvalue weighted by molar-refractivity contribution is -0.138. The maximum Gasteiger partial charge on any atom is 0.239 e. The Morgan fingerprint density at radius 3 is 2.50 bits per heavy atom. The Morgan fingerprint density at radius 2 is 1.79 bits per heavy atom. The van der Waals surface area contributed by atoms with Gasteiger partial charge in [-0.25, -0.2) is 0 Å². The Morgan fingerprint density at radius 1 is 1.08 bits per heavy atom. The number of hydrogen-bond donors (Lipinski definition) is 2. The molecule has 0 spiro atoms. The zero-order valence-electron chi connectivity index (χ0n) is 14.6. The molecular formula is C18H26N2O4. The molecular weight excluding hydrogens is 308 g/mol. The van der Waals surface area contributed by atoms with E-state index in [0.29, 0.717) is 36.9 Å². The van der Waals surface area contributed by atoms with Crippen LogP contribution in [0.15, 0.2) is 18.2 Å². The fourth-order valence-electron chi connectivity index (χ4n) is 2.31. The molecule has 1 aliphatic heterocycles. The number of ether oxygens (including phenoxy) is 2. The van der Waals surface area contributed by atoms with E-state index in [1.54, 1.807) is 32.0 Å². The molecule has 0 saturated heterocycles. The highest BCUT2D eigenvalue weighted by atomic mass is 16.6. The lowest BCUT2D eigenvalue weighted by Gasteiger charge is -2.23. The van der Waals surface area contributed by atoms with E-state index < -0.39 is 5.41 Å². The van der Waals surface area contributed by atoms with Crippen molar-refractivity contribution in [3.8, 4) is 11.5 Å². The number of hydrogen-bond acceptors (Lipinski definition) is 4. The summed E-state index contributed by atoms with van der Waals surface area (Å²) in [6.07, 6.45) is 3.07. The molecule has 6 heteroatoms. The van der Waals surface area contributed by atoms with Crippen LogP contribution < -0.4 is 20.1 Å². The Hall–Kier alpha value is -2.24. The number of benzene rings is 1. The van der Waals surface area contributed by atoms with Gasteiger partial charge in [0.2, 0.25) is 11.8 Å². The molecule has 2 rings (SSSR count). The van der Waals surface area contributed by atoms with Crippen LogP contribution in [-0.2, 0) is 9.59 Å². The van der Waals surface area contributed by atoms with Gasteiger partial charge in [-0.3, -0.25) is 9.59 Å². The van der Waals surface area contributed by atoms with Crippen LogP contribution >= 0.6 is 0 Å². The molecule has 0 fully saturated rings. The monoisotopic (exact) mass is 334 g/mol. The summed E-state index contributed by atoms with van der Waals surface area (Å²) in [4.78, 5) is 24.8. The van der Waals surface area contributed by atoms with Crippen molar-refractivity contribution in [3.63, 3.8) is 0 Å². The van der Waals surface area contributed by atoms with Gasteiger partial charge in [0.25, 0.3) is 0 Å². The predicted molar refractivity (Wildman–Crippen MR) is 92.4 cm³/mol. The van der Waals surface area contributed by atoms with E-state index in [1.807, 2.05) is 0 Å². The number of nitrogens with one attached hydrogen (secondary N) is 2. The normalized spacial score (nSPS) is 13.3. The Labute approximate surface area is 142 Å². The molecule has 2 amide bonds. The van der Waals surface area contributed by atoms with E-state index in [1.165, 1.54) is 0 Å². The molecule has 1 aromatic carbocycles. The zero-order chi connectivity index (χ0) is 17.6. The van der Waals surface area contributed by atoms with Gasteiger partial charge in [0.1, 0.15) is 18.6 Å². The van der Waals surface area contributed by atoms with Gasteiger partial charge in [-0.2, -0.15) is 0 Å². The summed E-state index contributed by atoms with van der Waals surface area (Å²) in [5, 5.41) is 5.61. The molecule has 1 heterocycles. The van der Waals surface area contributed by atoms with Crippen molar-refractivity contribution in [2.24, 2.45) is 5.41 Å². The van der Waals surface area contributed by atoms with Crippen LogP contribution in [0.3, 0.4) is 0 Å². The van der Waals surface area contributed by atoms with Gasteiger partial charge < -0.3 is 20.1 Å². The van der Waals surface area contributed by atoms with Gasteiger partial charge in [-0.1, -0.05) is 19.8 Å². The van der Waals surface area contributed by atoms with Crippen LogP contribution in [0, 0.1) is 5.41 Å². The minimum absolute atomic E-state index is 0.270. The first-order valence-electron chi connectivity index (χ1n) is 8.44. The number of unbranched alkanes of at least 4 members (excludes halogenated alkanes) is 2. The number of anilines is 1. The summed E-state index contributed by atoms with van der Waals surface area (Å²) in [6.45, 7) is 6.94. The molecule has 0 saturated carbocycles. The van der Waals surface area contributed by atoms with Crippen molar-refractivity contribution >= 4 is 17.5 Å². The molecule has 0 atom stereocenters. The maximum atomic E-state index is 12.5. The van der Waals surface area contributed by atoms with Crippen molar-refractivity contribution < 1.29 is 19.1 Å². The smallest absolute Gasteiger partial charge is 0.239 e. The highest BCUT2D eigenvalue weighted by Gasteiger charge is 2.36. The standard InChI is InChI=1S/C18H26N2O4/c1-4-5-6-9-19-16(21)18(2,3)17(22)20-13-7-8-14-15(12-13)24-11-10-23-14/h7-8,12H,4-6,9-11H2,1-3H3,(H,19,21)(H,20,22). The van der Waals surface area contributed by atoms with Crippen molar-refractivity contribution in [3.05, 3.63) is 18.2 Å². The van der Waals surface area contributed by atoms with Crippen molar-refractivity contribution in [1.29, 1.82) is 0 Å². The molecule has 1 aromatic rings. The van der Waals surface area contributed by atoms with E-state index in [4.69, 9.17) is 9.47 Å². The van der Waals surface area contributed by atoms with Gasteiger partial charge >= 0.3 is 0 Å². The summed E-state index contributed by atoms with van der Waals surface area (Å²) in [6, 6.07) is 5.20. The SMILES string of the molecule is CCCCCNC(=O)C(C)(C)C(=O)Nc1ccc2c(c1)OCCO2. The number of carbonyl (C=O) groups is 2. The van der Waals surface area contributed by atoms with Crippen LogP contribution in [0.4, 0.5) is 5.69 Å². The van der Waals surface area contributed by atoms with E-state index in [9.17, 15) is 9.59 Å². The third-order valence-electron chi connectivity index (χ3n) is 4.00. The summed E-state index contributed by atoms with van der Waals surface area (Å²) < 4.78 is 11.0. The van der Waals surface area contributed by atoms with Crippen LogP contribution in [0.1, 0.15) is 40.0 Å².